The highest BCUT2D eigenvalue weighted by Crippen LogP contribution is 2.38. The van der Waals surface area contributed by atoms with Gasteiger partial charge >= 0.3 is 0 Å². The number of hydrogen-bond acceptors (Lipinski definition) is 4. The van der Waals surface area contributed by atoms with Crippen LogP contribution in [0, 0.1) is 5.41 Å². The second-order valence-corrected chi connectivity index (χ2v) is 6.33. The van der Waals surface area contributed by atoms with Gasteiger partial charge in [0.1, 0.15) is 5.75 Å². The van der Waals surface area contributed by atoms with Gasteiger partial charge in [-0.3, -0.25) is 4.79 Å². The summed E-state index contributed by atoms with van der Waals surface area (Å²) in [6.45, 7) is 2.05. The van der Waals surface area contributed by atoms with Crippen molar-refractivity contribution in [2.24, 2.45) is 11.1 Å². The number of para-hydroxylation sites is 1. The van der Waals surface area contributed by atoms with Gasteiger partial charge in [-0.15, -0.1) is 12.4 Å². The smallest absolute Gasteiger partial charge is 0.228 e. The van der Waals surface area contributed by atoms with Crippen molar-refractivity contribution in [3.05, 3.63) is 28.8 Å². The molecule has 0 radical (unpaired) electrons. The minimum Gasteiger partial charge on any atom is -0.492 e. The molecular weight excluding hydrogens is 339 g/mol. The maximum atomic E-state index is 12.8. The Morgan fingerprint density at radius 1 is 1.35 bits per heavy atom. The van der Waals surface area contributed by atoms with Crippen molar-refractivity contribution in [1.82, 2.24) is 5.32 Å². The lowest BCUT2D eigenvalue weighted by Crippen LogP contribution is -2.50. The predicted molar refractivity (Wildman–Crippen MR) is 91.2 cm³/mol. The van der Waals surface area contributed by atoms with Gasteiger partial charge in [0.15, 0.2) is 0 Å². The Morgan fingerprint density at radius 3 is 2.78 bits per heavy atom. The van der Waals surface area contributed by atoms with Crippen LogP contribution in [0.3, 0.4) is 0 Å². The molecule has 1 saturated heterocycles. The molecule has 0 saturated carbocycles. The van der Waals surface area contributed by atoms with E-state index >= 15 is 0 Å². The van der Waals surface area contributed by atoms with Crippen LogP contribution in [0.25, 0.3) is 0 Å². The predicted octanol–water partition coefficient (Wildman–Crippen LogP) is 2.46. The Morgan fingerprint density at radius 2 is 2.09 bits per heavy atom. The molecule has 2 aliphatic heterocycles. The lowest BCUT2D eigenvalue weighted by molar-refractivity contribution is -0.136. The van der Waals surface area contributed by atoms with Crippen LogP contribution in [0.2, 0.25) is 5.02 Å². The fourth-order valence-electron chi connectivity index (χ4n) is 3.13. The highest BCUT2D eigenvalue weighted by atomic mass is 35.5. The van der Waals surface area contributed by atoms with Crippen LogP contribution in [0.15, 0.2) is 18.2 Å². The summed E-state index contributed by atoms with van der Waals surface area (Å²) in [6, 6.07) is 5.54. The largest absolute Gasteiger partial charge is 0.492 e. The third-order valence-corrected chi connectivity index (χ3v) is 4.95. The highest BCUT2D eigenvalue weighted by molar-refractivity contribution is 6.32. The van der Waals surface area contributed by atoms with E-state index in [1.807, 2.05) is 12.1 Å². The molecule has 0 spiro atoms. The molecule has 1 aromatic rings. The van der Waals surface area contributed by atoms with E-state index in [-0.39, 0.29) is 24.4 Å². The van der Waals surface area contributed by atoms with Gasteiger partial charge in [0, 0.05) is 31.7 Å². The topological polar surface area (TPSA) is 73.6 Å². The van der Waals surface area contributed by atoms with Crippen LogP contribution in [-0.2, 0) is 9.53 Å². The molecule has 2 heterocycles. The lowest BCUT2D eigenvalue weighted by Gasteiger charge is -2.37. The summed E-state index contributed by atoms with van der Waals surface area (Å²) in [5.41, 5.74) is 6.32. The van der Waals surface area contributed by atoms with E-state index < -0.39 is 5.41 Å². The fraction of sp³-hybridized carbons (Fsp3) is 0.562. The normalized spacial score (nSPS) is 22.3. The van der Waals surface area contributed by atoms with E-state index in [0.29, 0.717) is 50.0 Å². The van der Waals surface area contributed by atoms with Crippen molar-refractivity contribution in [3.8, 4) is 5.75 Å². The van der Waals surface area contributed by atoms with Gasteiger partial charge in [-0.2, -0.15) is 0 Å². The summed E-state index contributed by atoms with van der Waals surface area (Å²) >= 11 is 6.17. The number of benzene rings is 1. The number of carbonyl (C=O) groups excluding carboxylic acids is 1. The summed E-state index contributed by atoms with van der Waals surface area (Å²) in [7, 11) is 0. The Hall–Kier alpha value is -1.01. The van der Waals surface area contributed by atoms with E-state index in [2.05, 4.69) is 5.32 Å². The monoisotopic (exact) mass is 360 g/mol. The minimum atomic E-state index is -0.519. The summed E-state index contributed by atoms with van der Waals surface area (Å²) in [5.74, 6) is 0.686. The van der Waals surface area contributed by atoms with E-state index in [4.69, 9.17) is 26.8 Å². The van der Waals surface area contributed by atoms with Gasteiger partial charge in [0.05, 0.1) is 23.1 Å². The third-order valence-electron chi connectivity index (χ3n) is 4.65. The Bertz CT molecular complexity index is 562. The zero-order valence-corrected chi connectivity index (χ0v) is 14.4. The molecule has 1 fully saturated rings. The van der Waals surface area contributed by atoms with Gasteiger partial charge in [-0.05, 0) is 18.9 Å². The molecule has 0 aromatic heterocycles. The van der Waals surface area contributed by atoms with Crippen molar-refractivity contribution in [1.29, 1.82) is 0 Å². The first-order chi connectivity index (χ1) is 10.7. The van der Waals surface area contributed by atoms with Crippen molar-refractivity contribution in [2.45, 2.75) is 25.3 Å². The summed E-state index contributed by atoms with van der Waals surface area (Å²) < 4.78 is 11.0. The summed E-state index contributed by atoms with van der Waals surface area (Å²) in [6.07, 6.45) is 2.07. The van der Waals surface area contributed by atoms with Crippen LogP contribution in [0.5, 0.6) is 5.75 Å². The van der Waals surface area contributed by atoms with Crippen LogP contribution in [-0.4, -0.2) is 32.3 Å². The number of nitrogens with one attached hydrogen (secondary N) is 1. The maximum absolute atomic E-state index is 12.8. The van der Waals surface area contributed by atoms with E-state index in [9.17, 15) is 4.79 Å². The fourth-order valence-corrected chi connectivity index (χ4v) is 3.37. The summed E-state index contributed by atoms with van der Waals surface area (Å²) in [5, 5.41) is 3.73. The number of ether oxygens (including phenoxy) is 2. The standard InChI is InChI=1S/C16H21ClN2O3.ClH/c17-12-3-1-2-11-13(4-7-22-14(11)12)19-15(20)16(10-18)5-8-21-9-6-16;/h1-3,13H,4-10,18H2,(H,19,20);1H. The molecule has 3 N–H and O–H groups in total. The van der Waals surface area contributed by atoms with Gasteiger partial charge in [-0.1, -0.05) is 23.7 Å². The molecule has 2 aliphatic rings. The second-order valence-electron chi connectivity index (χ2n) is 5.92. The zero-order valence-electron chi connectivity index (χ0n) is 12.8. The lowest BCUT2D eigenvalue weighted by atomic mass is 9.79. The quantitative estimate of drug-likeness (QED) is 0.868. The number of nitrogens with two attached hydrogens (primary N) is 1. The molecule has 23 heavy (non-hydrogen) atoms. The number of carbonyl (C=O) groups is 1. The number of rotatable bonds is 3. The molecule has 7 heteroatoms. The Kier molecular flexibility index (Phi) is 6.14. The Balaban J connectivity index is 0.00000192. The molecule has 0 bridgehead atoms. The van der Waals surface area contributed by atoms with Crippen LogP contribution < -0.4 is 15.8 Å². The number of fused-ring (bicyclic) bond motifs is 1. The molecule has 128 valence electrons. The average molecular weight is 361 g/mol. The van der Waals surface area contributed by atoms with Crippen molar-refractivity contribution in [2.75, 3.05) is 26.4 Å². The van der Waals surface area contributed by atoms with Crippen molar-refractivity contribution >= 4 is 29.9 Å². The van der Waals surface area contributed by atoms with Crippen LogP contribution in [0.4, 0.5) is 0 Å². The molecule has 1 amide bonds. The molecule has 1 aromatic carbocycles. The zero-order chi connectivity index (χ0) is 15.6. The molecule has 0 aliphatic carbocycles. The number of hydrogen-bond donors (Lipinski definition) is 2. The van der Waals surface area contributed by atoms with E-state index in [0.717, 1.165) is 12.0 Å². The van der Waals surface area contributed by atoms with Gasteiger partial charge in [-0.25, -0.2) is 0 Å². The second kappa shape index (κ2) is 7.71. The van der Waals surface area contributed by atoms with E-state index in [1.54, 1.807) is 6.07 Å². The first kappa shape index (κ1) is 18.3. The molecular formula is C16H22Cl2N2O3. The molecule has 5 nitrogen and oxygen atoms in total. The van der Waals surface area contributed by atoms with Gasteiger partial charge < -0.3 is 20.5 Å². The third kappa shape index (κ3) is 3.58. The average Bonchev–Trinajstić information content (AvgIpc) is 2.56. The van der Waals surface area contributed by atoms with E-state index in [1.165, 1.54) is 0 Å². The van der Waals surface area contributed by atoms with Crippen LogP contribution >= 0.6 is 24.0 Å². The number of amides is 1. The molecule has 1 atom stereocenters. The molecule has 1 unspecified atom stereocenters. The highest BCUT2D eigenvalue weighted by Gasteiger charge is 2.40. The van der Waals surface area contributed by atoms with Crippen LogP contribution in [0.1, 0.15) is 30.9 Å². The van der Waals surface area contributed by atoms with Gasteiger partial charge in [0.2, 0.25) is 5.91 Å². The van der Waals surface area contributed by atoms with Crippen molar-refractivity contribution in [3.63, 3.8) is 0 Å². The SMILES string of the molecule is Cl.NCC1(C(=O)NC2CCOc3c(Cl)cccc32)CCOCC1. The summed E-state index contributed by atoms with van der Waals surface area (Å²) in [4.78, 5) is 12.8. The Labute approximate surface area is 147 Å². The first-order valence-electron chi connectivity index (χ1n) is 7.66. The minimum absolute atomic E-state index is 0. The molecule has 3 rings (SSSR count). The number of halogens is 2. The van der Waals surface area contributed by atoms with Gasteiger partial charge in [0.25, 0.3) is 0 Å². The first-order valence-corrected chi connectivity index (χ1v) is 8.04. The maximum Gasteiger partial charge on any atom is 0.228 e. The van der Waals surface area contributed by atoms with Crippen molar-refractivity contribution < 1.29 is 14.3 Å².